The van der Waals surface area contributed by atoms with Crippen LogP contribution < -0.4 is 0 Å². The normalized spacial score (nSPS) is 28.1. The molecule has 1 aliphatic heterocycles. The molecule has 2 N–H and O–H groups in total. The standard InChI is InChI=1S/C13H16FNO3/c14-12-10(8-9-4-2-1-3-5-9)15(13(17)18)7-6-11(12)16/h1-5,10-12,16H,6-8H2,(H,17,18)/t10?,11-,12+/m1/s1. The predicted octanol–water partition coefficient (Wildman–Crippen LogP) is 1.68. The van der Waals surface area contributed by atoms with Crippen LogP contribution in [0.25, 0.3) is 0 Å². The molecule has 1 unspecified atom stereocenters. The fourth-order valence-corrected chi connectivity index (χ4v) is 2.34. The average molecular weight is 253 g/mol. The van der Waals surface area contributed by atoms with Crippen LogP contribution >= 0.6 is 0 Å². The lowest BCUT2D eigenvalue weighted by Gasteiger charge is -2.38. The zero-order valence-electron chi connectivity index (χ0n) is 9.87. The summed E-state index contributed by atoms with van der Waals surface area (Å²) in [5.41, 5.74) is 0.866. The highest BCUT2D eigenvalue weighted by molar-refractivity contribution is 5.65. The largest absolute Gasteiger partial charge is 0.465 e. The first-order valence-electron chi connectivity index (χ1n) is 5.95. The molecule has 0 aliphatic carbocycles. The van der Waals surface area contributed by atoms with Crippen LogP contribution in [0.3, 0.4) is 0 Å². The summed E-state index contributed by atoms with van der Waals surface area (Å²) < 4.78 is 14.0. The van der Waals surface area contributed by atoms with E-state index in [2.05, 4.69) is 0 Å². The molecule has 1 saturated heterocycles. The molecular weight excluding hydrogens is 237 g/mol. The molecule has 1 heterocycles. The van der Waals surface area contributed by atoms with Crippen LogP contribution in [-0.2, 0) is 6.42 Å². The second-order valence-electron chi connectivity index (χ2n) is 4.53. The second kappa shape index (κ2) is 5.35. The summed E-state index contributed by atoms with van der Waals surface area (Å²) in [6, 6.07) is 8.34. The van der Waals surface area contributed by atoms with E-state index >= 15 is 0 Å². The number of rotatable bonds is 2. The summed E-state index contributed by atoms with van der Waals surface area (Å²) in [6.45, 7) is 0.175. The molecule has 1 aromatic rings. The Balaban J connectivity index is 2.17. The van der Waals surface area contributed by atoms with Crippen molar-refractivity contribution in [3.63, 3.8) is 0 Å². The maximum absolute atomic E-state index is 14.0. The third-order valence-electron chi connectivity index (χ3n) is 3.33. The highest BCUT2D eigenvalue weighted by atomic mass is 19.1. The number of carboxylic acid groups (broad SMARTS) is 1. The summed E-state index contributed by atoms with van der Waals surface area (Å²) in [5, 5.41) is 18.6. The lowest BCUT2D eigenvalue weighted by Crippen LogP contribution is -2.55. The van der Waals surface area contributed by atoms with E-state index < -0.39 is 24.4 Å². The Hall–Kier alpha value is -1.62. The summed E-state index contributed by atoms with van der Waals surface area (Å²) in [6.07, 6.45) is -3.31. The predicted molar refractivity (Wildman–Crippen MR) is 64.2 cm³/mol. The summed E-state index contributed by atoms with van der Waals surface area (Å²) >= 11 is 0. The molecule has 0 radical (unpaired) electrons. The number of hydrogen-bond donors (Lipinski definition) is 2. The topological polar surface area (TPSA) is 60.8 Å². The average Bonchev–Trinajstić information content (AvgIpc) is 2.36. The maximum Gasteiger partial charge on any atom is 0.407 e. The van der Waals surface area contributed by atoms with Crippen molar-refractivity contribution in [2.24, 2.45) is 0 Å². The van der Waals surface area contributed by atoms with Crippen LogP contribution in [0.15, 0.2) is 30.3 Å². The van der Waals surface area contributed by atoms with Gasteiger partial charge in [0.05, 0.1) is 12.1 Å². The Kier molecular flexibility index (Phi) is 3.81. The van der Waals surface area contributed by atoms with Gasteiger partial charge in [0.25, 0.3) is 0 Å². The lowest BCUT2D eigenvalue weighted by atomic mass is 9.92. The molecule has 2 rings (SSSR count). The third-order valence-corrected chi connectivity index (χ3v) is 3.33. The van der Waals surface area contributed by atoms with E-state index in [1.165, 1.54) is 0 Å². The van der Waals surface area contributed by atoms with E-state index in [0.717, 1.165) is 10.5 Å². The number of likely N-dealkylation sites (tertiary alicyclic amines) is 1. The van der Waals surface area contributed by atoms with Gasteiger partial charge in [-0.2, -0.15) is 0 Å². The van der Waals surface area contributed by atoms with Crippen LogP contribution in [0, 0.1) is 0 Å². The number of carbonyl (C=O) groups is 1. The number of aliphatic hydroxyl groups excluding tert-OH is 1. The fourth-order valence-electron chi connectivity index (χ4n) is 2.34. The van der Waals surface area contributed by atoms with Crippen molar-refractivity contribution >= 4 is 6.09 Å². The van der Waals surface area contributed by atoms with Crippen molar-refractivity contribution in [3.05, 3.63) is 35.9 Å². The van der Waals surface area contributed by atoms with Crippen molar-refractivity contribution in [3.8, 4) is 0 Å². The first-order chi connectivity index (χ1) is 8.59. The van der Waals surface area contributed by atoms with Crippen LogP contribution in [0.4, 0.5) is 9.18 Å². The molecule has 0 bridgehead atoms. The molecule has 1 aromatic carbocycles. The van der Waals surface area contributed by atoms with Gasteiger partial charge in [0, 0.05) is 6.54 Å². The summed E-state index contributed by atoms with van der Waals surface area (Å²) in [4.78, 5) is 12.2. The first kappa shape index (κ1) is 12.8. The SMILES string of the molecule is O=C(O)N1CC[C@@H](O)[C@@H](F)C1Cc1ccccc1. The third kappa shape index (κ3) is 2.61. The van der Waals surface area contributed by atoms with E-state index in [9.17, 15) is 14.3 Å². The Labute approximate surface area is 105 Å². The van der Waals surface area contributed by atoms with Gasteiger partial charge < -0.3 is 15.1 Å². The van der Waals surface area contributed by atoms with Crippen molar-refractivity contribution in [2.75, 3.05) is 6.54 Å². The molecule has 0 aromatic heterocycles. The molecular formula is C13H16FNO3. The van der Waals surface area contributed by atoms with E-state index in [-0.39, 0.29) is 19.4 Å². The molecule has 0 saturated carbocycles. The van der Waals surface area contributed by atoms with Crippen molar-refractivity contribution < 1.29 is 19.4 Å². The Morgan fingerprint density at radius 2 is 2.06 bits per heavy atom. The molecule has 1 aliphatic rings. The minimum absolute atomic E-state index is 0.152. The minimum Gasteiger partial charge on any atom is -0.465 e. The van der Waals surface area contributed by atoms with Crippen LogP contribution in [0.1, 0.15) is 12.0 Å². The highest BCUT2D eigenvalue weighted by Crippen LogP contribution is 2.24. The number of alkyl halides is 1. The molecule has 4 nitrogen and oxygen atoms in total. The highest BCUT2D eigenvalue weighted by Gasteiger charge is 2.39. The van der Waals surface area contributed by atoms with E-state index in [4.69, 9.17) is 5.11 Å². The second-order valence-corrected chi connectivity index (χ2v) is 4.53. The smallest absolute Gasteiger partial charge is 0.407 e. The summed E-state index contributed by atoms with van der Waals surface area (Å²) in [7, 11) is 0. The Morgan fingerprint density at radius 3 is 2.67 bits per heavy atom. The monoisotopic (exact) mass is 253 g/mol. The lowest BCUT2D eigenvalue weighted by molar-refractivity contribution is -0.0261. The van der Waals surface area contributed by atoms with Crippen molar-refractivity contribution in [1.29, 1.82) is 0 Å². The zero-order valence-corrected chi connectivity index (χ0v) is 9.87. The number of hydrogen-bond acceptors (Lipinski definition) is 2. The van der Waals surface area contributed by atoms with Gasteiger partial charge in [-0.15, -0.1) is 0 Å². The number of benzene rings is 1. The van der Waals surface area contributed by atoms with Gasteiger partial charge in [0.1, 0.15) is 6.17 Å². The van der Waals surface area contributed by atoms with E-state index in [1.807, 2.05) is 30.3 Å². The molecule has 98 valence electrons. The van der Waals surface area contributed by atoms with Gasteiger partial charge in [0.2, 0.25) is 0 Å². The molecule has 5 heteroatoms. The fraction of sp³-hybridized carbons (Fsp3) is 0.462. The van der Waals surface area contributed by atoms with Crippen LogP contribution in [0.2, 0.25) is 0 Å². The van der Waals surface area contributed by atoms with E-state index in [0.29, 0.717) is 0 Å². The van der Waals surface area contributed by atoms with Gasteiger partial charge in [-0.25, -0.2) is 9.18 Å². The number of amides is 1. The number of aliphatic hydroxyl groups is 1. The molecule has 3 atom stereocenters. The molecule has 1 amide bonds. The Bertz CT molecular complexity index is 412. The van der Waals surface area contributed by atoms with Gasteiger partial charge in [-0.05, 0) is 18.4 Å². The summed E-state index contributed by atoms with van der Waals surface area (Å²) in [5.74, 6) is 0. The van der Waals surface area contributed by atoms with Gasteiger partial charge in [-0.3, -0.25) is 0 Å². The van der Waals surface area contributed by atoms with Gasteiger partial charge in [-0.1, -0.05) is 30.3 Å². The molecule has 0 spiro atoms. The van der Waals surface area contributed by atoms with Crippen molar-refractivity contribution in [2.45, 2.75) is 31.2 Å². The molecule has 1 fully saturated rings. The molecule has 18 heavy (non-hydrogen) atoms. The minimum atomic E-state index is -1.53. The number of nitrogens with zero attached hydrogens (tertiary/aromatic N) is 1. The first-order valence-corrected chi connectivity index (χ1v) is 5.95. The van der Waals surface area contributed by atoms with Crippen molar-refractivity contribution in [1.82, 2.24) is 4.90 Å². The van der Waals surface area contributed by atoms with Crippen LogP contribution in [-0.4, -0.2) is 46.1 Å². The van der Waals surface area contributed by atoms with E-state index in [1.54, 1.807) is 0 Å². The van der Waals surface area contributed by atoms with Crippen LogP contribution in [0.5, 0.6) is 0 Å². The number of piperidine rings is 1. The zero-order chi connectivity index (χ0) is 13.1. The quantitative estimate of drug-likeness (QED) is 0.843. The number of halogens is 1. The maximum atomic E-state index is 14.0. The Morgan fingerprint density at radius 1 is 1.39 bits per heavy atom. The van der Waals surface area contributed by atoms with Gasteiger partial charge >= 0.3 is 6.09 Å². The van der Waals surface area contributed by atoms with Gasteiger partial charge in [0.15, 0.2) is 0 Å².